The summed E-state index contributed by atoms with van der Waals surface area (Å²) >= 11 is 5.85. The van der Waals surface area contributed by atoms with Gasteiger partial charge in [-0.05, 0) is 37.5 Å². The van der Waals surface area contributed by atoms with Crippen molar-refractivity contribution in [3.8, 4) is 11.4 Å². The Balaban J connectivity index is 1.67. The molecular weight excluding hydrogens is 357 g/mol. The molecule has 1 aliphatic carbocycles. The van der Waals surface area contributed by atoms with Gasteiger partial charge in [0.2, 0.25) is 0 Å². The number of nitrogens with one attached hydrogen (secondary N) is 2. The van der Waals surface area contributed by atoms with E-state index in [1.165, 1.54) is 18.3 Å². The number of carbonyl (C=O) groups is 1. The number of hydrogen-bond donors (Lipinski definition) is 3. The maximum atomic E-state index is 13.8. The average molecular weight is 374 g/mol. The summed E-state index contributed by atoms with van der Waals surface area (Å²) in [5, 5.41) is 3.54. The number of aromatic amines is 1. The zero-order valence-corrected chi connectivity index (χ0v) is 14.8. The van der Waals surface area contributed by atoms with E-state index in [4.69, 9.17) is 17.3 Å². The predicted octanol–water partition coefficient (Wildman–Crippen LogP) is 2.95. The Morgan fingerprint density at radius 3 is 2.92 bits per heavy atom. The van der Waals surface area contributed by atoms with E-state index < -0.39 is 5.82 Å². The van der Waals surface area contributed by atoms with E-state index in [9.17, 15) is 9.18 Å². The summed E-state index contributed by atoms with van der Waals surface area (Å²) in [6, 6.07) is 2.91. The third-order valence-corrected chi connectivity index (χ3v) is 5.01. The lowest BCUT2D eigenvalue weighted by Crippen LogP contribution is -2.39. The highest BCUT2D eigenvalue weighted by Crippen LogP contribution is 2.32. The number of aryl methyl sites for hydroxylation is 1. The fourth-order valence-corrected chi connectivity index (χ4v) is 3.02. The molecule has 1 amide bonds. The Kier molecular flexibility index (Phi) is 3.93. The minimum Gasteiger partial charge on any atom is -0.353 e. The number of rotatable bonds is 4. The van der Waals surface area contributed by atoms with Gasteiger partial charge in [0, 0.05) is 23.0 Å². The summed E-state index contributed by atoms with van der Waals surface area (Å²) in [5.74, 6) is -0.804. The van der Waals surface area contributed by atoms with Crippen LogP contribution in [0.1, 0.15) is 28.9 Å². The molecule has 0 spiro atoms. The molecule has 1 saturated carbocycles. The number of hydrogen-bond acceptors (Lipinski definition) is 4. The normalized spacial score (nSPS) is 15.2. The molecule has 0 atom stereocenters. The molecule has 1 aliphatic rings. The molecule has 1 aromatic carbocycles. The van der Waals surface area contributed by atoms with Gasteiger partial charge < -0.3 is 16.0 Å². The zero-order valence-electron chi connectivity index (χ0n) is 14.1. The van der Waals surface area contributed by atoms with Crippen LogP contribution >= 0.6 is 11.6 Å². The highest BCUT2D eigenvalue weighted by molar-refractivity contribution is 6.31. The largest absolute Gasteiger partial charge is 0.353 e. The number of benzene rings is 1. The molecule has 2 aromatic heterocycles. The van der Waals surface area contributed by atoms with Gasteiger partial charge in [-0.15, -0.1) is 0 Å². The van der Waals surface area contributed by atoms with Crippen LogP contribution in [0.4, 0.5) is 4.39 Å². The van der Waals surface area contributed by atoms with Crippen molar-refractivity contribution in [2.75, 3.05) is 6.54 Å². The highest BCUT2D eigenvalue weighted by Gasteiger charge is 2.38. The van der Waals surface area contributed by atoms with E-state index in [-0.39, 0.29) is 22.2 Å². The number of halogens is 2. The van der Waals surface area contributed by atoms with Crippen molar-refractivity contribution < 1.29 is 9.18 Å². The van der Waals surface area contributed by atoms with Crippen LogP contribution in [0, 0.1) is 12.7 Å². The molecule has 0 saturated heterocycles. The SMILES string of the molecule is Cc1c(-c2cncc(C(=O)NCC3(N)CC3)n2)[nH]c2cc(Cl)c(F)cc12. The minimum absolute atomic E-state index is 0.0419. The van der Waals surface area contributed by atoms with Gasteiger partial charge in [-0.3, -0.25) is 9.78 Å². The molecule has 0 radical (unpaired) electrons. The van der Waals surface area contributed by atoms with E-state index in [0.29, 0.717) is 28.8 Å². The summed E-state index contributed by atoms with van der Waals surface area (Å²) in [4.78, 5) is 24.0. The van der Waals surface area contributed by atoms with Crippen molar-refractivity contribution in [2.45, 2.75) is 25.3 Å². The van der Waals surface area contributed by atoms with Crippen LogP contribution in [-0.4, -0.2) is 32.9 Å². The zero-order chi connectivity index (χ0) is 18.5. The molecule has 0 aliphatic heterocycles. The molecule has 8 heteroatoms. The molecule has 0 bridgehead atoms. The second-order valence-corrected chi connectivity index (χ2v) is 7.18. The molecule has 2 heterocycles. The molecule has 26 heavy (non-hydrogen) atoms. The van der Waals surface area contributed by atoms with Gasteiger partial charge in [-0.25, -0.2) is 9.37 Å². The molecule has 134 valence electrons. The molecule has 6 nitrogen and oxygen atoms in total. The van der Waals surface area contributed by atoms with Crippen LogP contribution in [0.15, 0.2) is 24.5 Å². The first kappa shape index (κ1) is 16.9. The van der Waals surface area contributed by atoms with Gasteiger partial charge in [0.05, 0.1) is 23.1 Å². The van der Waals surface area contributed by atoms with Gasteiger partial charge in [0.1, 0.15) is 17.2 Å². The summed E-state index contributed by atoms with van der Waals surface area (Å²) < 4.78 is 13.8. The smallest absolute Gasteiger partial charge is 0.271 e. The maximum absolute atomic E-state index is 13.8. The van der Waals surface area contributed by atoms with Crippen LogP contribution < -0.4 is 11.1 Å². The molecule has 0 unspecified atom stereocenters. The lowest BCUT2D eigenvalue weighted by molar-refractivity contribution is 0.0944. The van der Waals surface area contributed by atoms with Crippen molar-refractivity contribution in [3.63, 3.8) is 0 Å². The standard InChI is InChI=1S/C18H17ClFN5O/c1-9-10-4-12(20)11(19)5-13(10)25-16(9)14-6-22-7-15(24-14)17(26)23-8-18(21)2-3-18/h4-7,25H,2-3,8,21H2,1H3,(H,23,26). The number of nitrogens with zero attached hydrogens (tertiary/aromatic N) is 2. The number of H-pyrrole nitrogens is 1. The second kappa shape index (κ2) is 6.03. The van der Waals surface area contributed by atoms with Crippen molar-refractivity contribution in [1.29, 1.82) is 0 Å². The van der Waals surface area contributed by atoms with Gasteiger partial charge >= 0.3 is 0 Å². The highest BCUT2D eigenvalue weighted by atomic mass is 35.5. The van der Waals surface area contributed by atoms with Crippen LogP contribution in [-0.2, 0) is 0 Å². The summed E-state index contributed by atoms with van der Waals surface area (Å²) in [6.07, 6.45) is 4.78. The van der Waals surface area contributed by atoms with E-state index in [2.05, 4.69) is 20.3 Å². The Bertz CT molecular complexity index is 1030. The van der Waals surface area contributed by atoms with Crippen molar-refractivity contribution in [3.05, 3.63) is 46.6 Å². The molecule has 3 aromatic rings. The van der Waals surface area contributed by atoms with Crippen molar-refractivity contribution in [1.82, 2.24) is 20.3 Å². The Morgan fingerprint density at radius 2 is 2.19 bits per heavy atom. The van der Waals surface area contributed by atoms with Crippen LogP contribution in [0.25, 0.3) is 22.3 Å². The van der Waals surface area contributed by atoms with Crippen LogP contribution in [0.5, 0.6) is 0 Å². The van der Waals surface area contributed by atoms with E-state index in [1.807, 2.05) is 6.92 Å². The first-order chi connectivity index (χ1) is 12.4. The van der Waals surface area contributed by atoms with E-state index in [1.54, 1.807) is 6.20 Å². The third kappa shape index (κ3) is 3.04. The second-order valence-electron chi connectivity index (χ2n) is 6.77. The first-order valence-corrected chi connectivity index (χ1v) is 8.61. The number of nitrogens with two attached hydrogens (primary N) is 1. The van der Waals surface area contributed by atoms with Gasteiger partial charge in [0.15, 0.2) is 0 Å². The van der Waals surface area contributed by atoms with Crippen LogP contribution in [0.2, 0.25) is 5.02 Å². The van der Waals surface area contributed by atoms with E-state index in [0.717, 1.165) is 18.4 Å². The maximum Gasteiger partial charge on any atom is 0.271 e. The fourth-order valence-electron chi connectivity index (χ4n) is 2.86. The van der Waals surface area contributed by atoms with Crippen molar-refractivity contribution >= 4 is 28.4 Å². The molecular formula is C18H17ClFN5O. The Hall–Kier alpha value is -2.51. The van der Waals surface area contributed by atoms with Gasteiger partial charge in [0.25, 0.3) is 5.91 Å². The lowest BCUT2D eigenvalue weighted by atomic mass is 10.1. The number of carbonyl (C=O) groups excluding carboxylic acids is 1. The van der Waals surface area contributed by atoms with Gasteiger partial charge in [-0.1, -0.05) is 11.6 Å². The van der Waals surface area contributed by atoms with Crippen molar-refractivity contribution in [2.24, 2.45) is 5.73 Å². The number of amides is 1. The quantitative estimate of drug-likeness (QED) is 0.655. The first-order valence-electron chi connectivity index (χ1n) is 8.23. The summed E-state index contributed by atoms with van der Waals surface area (Å²) in [6.45, 7) is 2.27. The van der Waals surface area contributed by atoms with Crippen LogP contribution in [0.3, 0.4) is 0 Å². The number of aromatic nitrogens is 3. The third-order valence-electron chi connectivity index (χ3n) is 4.72. The summed E-state index contributed by atoms with van der Waals surface area (Å²) in [5.41, 5.74) is 8.57. The minimum atomic E-state index is -0.484. The summed E-state index contributed by atoms with van der Waals surface area (Å²) in [7, 11) is 0. The van der Waals surface area contributed by atoms with E-state index >= 15 is 0 Å². The molecule has 1 fully saturated rings. The number of fused-ring (bicyclic) bond motifs is 1. The Labute approximate surface area is 154 Å². The predicted molar refractivity (Wildman–Crippen MR) is 97.5 cm³/mol. The average Bonchev–Trinajstić information content (AvgIpc) is 3.29. The lowest BCUT2D eigenvalue weighted by Gasteiger charge is -2.10. The van der Waals surface area contributed by atoms with Gasteiger partial charge in [-0.2, -0.15) is 0 Å². The molecule has 4 rings (SSSR count). The Morgan fingerprint density at radius 1 is 1.42 bits per heavy atom. The topological polar surface area (TPSA) is 96.7 Å². The fraction of sp³-hybridized carbons (Fsp3) is 0.278. The monoisotopic (exact) mass is 373 g/mol. The molecule has 4 N–H and O–H groups in total.